The SMILES string of the molecule is CC(C)(C)C(=O)NCc1ccc(Cl)c(C2=CC(c3ccc(C(F)(F)F)cc3)NC(=O)N2)c1F. The van der Waals surface area contributed by atoms with Crippen molar-refractivity contribution in [1.29, 1.82) is 0 Å². The van der Waals surface area contributed by atoms with E-state index in [0.29, 0.717) is 5.56 Å². The Kier molecular flexibility index (Phi) is 6.74. The van der Waals surface area contributed by atoms with Crippen LogP contribution in [0.4, 0.5) is 22.4 Å². The molecule has 0 saturated carbocycles. The monoisotopic (exact) mass is 483 g/mol. The zero-order valence-corrected chi connectivity index (χ0v) is 18.8. The van der Waals surface area contributed by atoms with Crippen LogP contribution in [0, 0.1) is 11.2 Å². The molecule has 1 unspecified atom stereocenters. The van der Waals surface area contributed by atoms with Gasteiger partial charge in [0.15, 0.2) is 0 Å². The van der Waals surface area contributed by atoms with Crippen LogP contribution < -0.4 is 16.0 Å². The molecule has 3 amide bonds. The summed E-state index contributed by atoms with van der Waals surface area (Å²) in [5.74, 6) is -0.994. The Hall–Kier alpha value is -3.07. The molecule has 1 aliphatic rings. The second-order valence-corrected chi connectivity index (χ2v) is 9.01. The highest BCUT2D eigenvalue weighted by atomic mass is 35.5. The van der Waals surface area contributed by atoms with E-state index in [1.54, 1.807) is 20.8 Å². The lowest BCUT2D eigenvalue weighted by atomic mass is 9.95. The lowest BCUT2D eigenvalue weighted by Crippen LogP contribution is -2.41. The summed E-state index contributed by atoms with van der Waals surface area (Å²) >= 11 is 6.22. The van der Waals surface area contributed by atoms with Crippen molar-refractivity contribution in [1.82, 2.24) is 16.0 Å². The number of hydrogen-bond acceptors (Lipinski definition) is 2. The van der Waals surface area contributed by atoms with Crippen molar-refractivity contribution in [3.8, 4) is 0 Å². The topological polar surface area (TPSA) is 70.2 Å². The molecule has 176 valence electrons. The Morgan fingerprint density at radius 3 is 2.30 bits per heavy atom. The highest BCUT2D eigenvalue weighted by Crippen LogP contribution is 2.33. The smallest absolute Gasteiger partial charge is 0.351 e. The fourth-order valence-corrected chi connectivity index (χ4v) is 3.42. The second kappa shape index (κ2) is 9.05. The van der Waals surface area contributed by atoms with Crippen molar-refractivity contribution in [3.05, 3.63) is 75.6 Å². The first kappa shape index (κ1) is 24.6. The summed E-state index contributed by atoms with van der Waals surface area (Å²) in [6.45, 7) is 5.09. The van der Waals surface area contributed by atoms with Crippen LogP contribution in [0.2, 0.25) is 5.02 Å². The van der Waals surface area contributed by atoms with Crippen molar-refractivity contribution in [3.63, 3.8) is 0 Å². The predicted molar refractivity (Wildman–Crippen MR) is 117 cm³/mol. The van der Waals surface area contributed by atoms with Gasteiger partial charge in [-0.05, 0) is 29.8 Å². The maximum Gasteiger partial charge on any atom is 0.416 e. The molecule has 1 aliphatic heterocycles. The van der Waals surface area contributed by atoms with Crippen LogP contribution in [0.15, 0.2) is 42.5 Å². The van der Waals surface area contributed by atoms with Gasteiger partial charge in [0, 0.05) is 17.5 Å². The fraction of sp³-hybridized carbons (Fsp3) is 0.304. The van der Waals surface area contributed by atoms with Gasteiger partial charge >= 0.3 is 12.2 Å². The van der Waals surface area contributed by atoms with Gasteiger partial charge in [0.1, 0.15) is 5.82 Å². The zero-order valence-electron chi connectivity index (χ0n) is 18.0. The van der Waals surface area contributed by atoms with E-state index in [2.05, 4.69) is 16.0 Å². The molecular weight excluding hydrogens is 462 g/mol. The van der Waals surface area contributed by atoms with Gasteiger partial charge in [0.25, 0.3) is 0 Å². The fourth-order valence-electron chi connectivity index (χ4n) is 3.17. The molecule has 2 aromatic rings. The van der Waals surface area contributed by atoms with Gasteiger partial charge in [-0.3, -0.25) is 4.79 Å². The highest BCUT2D eigenvalue weighted by Gasteiger charge is 2.31. The summed E-state index contributed by atoms with van der Waals surface area (Å²) in [7, 11) is 0. The normalized spacial score (nSPS) is 16.5. The average molecular weight is 484 g/mol. The van der Waals surface area contributed by atoms with E-state index in [-0.39, 0.29) is 34.3 Å². The number of urea groups is 1. The van der Waals surface area contributed by atoms with Gasteiger partial charge in [0.2, 0.25) is 5.91 Å². The summed E-state index contributed by atoms with van der Waals surface area (Å²) in [6, 6.07) is 5.69. The third kappa shape index (κ3) is 5.65. The second-order valence-electron chi connectivity index (χ2n) is 8.60. The average Bonchev–Trinajstić information content (AvgIpc) is 2.71. The van der Waals surface area contributed by atoms with Gasteiger partial charge < -0.3 is 16.0 Å². The molecule has 10 heteroatoms. The van der Waals surface area contributed by atoms with Crippen LogP contribution >= 0.6 is 11.6 Å². The van der Waals surface area contributed by atoms with Crippen LogP contribution in [0.25, 0.3) is 5.70 Å². The molecule has 0 saturated heterocycles. The summed E-state index contributed by atoms with van der Waals surface area (Å²) in [5, 5.41) is 7.74. The number of alkyl halides is 3. The number of rotatable bonds is 4. The van der Waals surface area contributed by atoms with Crippen molar-refractivity contribution in [2.75, 3.05) is 0 Å². The maximum atomic E-state index is 15.3. The first-order valence-electron chi connectivity index (χ1n) is 9.99. The molecule has 1 atom stereocenters. The first-order chi connectivity index (χ1) is 15.3. The Labute approximate surface area is 193 Å². The van der Waals surface area contributed by atoms with Gasteiger partial charge in [-0.25, -0.2) is 9.18 Å². The Morgan fingerprint density at radius 2 is 1.73 bits per heavy atom. The number of hydrogen-bond donors (Lipinski definition) is 3. The van der Waals surface area contributed by atoms with Gasteiger partial charge in [-0.1, -0.05) is 50.6 Å². The molecule has 3 N–H and O–H groups in total. The zero-order chi connectivity index (χ0) is 24.6. The van der Waals surface area contributed by atoms with E-state index in [9.17, 15) is 22.8 Å². The number of carbonyl (C=O) groups is 2. The molecule has 0 fully saturated rings. The molecule has 0 spiro atoms. The van der Waals surface area contributed by atoms with Crippen molar-refractivity contribution < 1.29 is 27.2 Å². The molecule has 0 radical (unpaired) electrons. The van der Waals surface area contributed by atoms with E-state index < -0.39 is 35.0 Å². The van der Waals surface area contributed by atoms with Gasteiger partial charge in [-0.2, -0.15) is 13.2 Å². The van der Waals surface area contributed by atoms with Crippen LogP contribution in [0.5, 0.6) is 0 Å². The van der Waals surface area contributed by atoms with E-state index in [4.69, 9.17) is 11.6 Å². The Bertz CT molecular complexity index is 1110. The summed E-state index contributed by atoms with van der Waals surface area (Å²) < 4.78 is 53.8. The summed E-state index contributed by atoms with van der Waals surface area (Å²) in [6.07, 6.45) is -3.03. The van der Waals surface area contributed by atoms with Crippen molar-refractivity contribution in [2.24, 2.45) is 5.41 Å². The minimum Gasteiger partial charge on any atom is -0.351 e. The predicted octanol–water partition coefficient (Wildman–Crippen LogP) is 5.56. The van der Waals surface area contributed by atoms with E-state index in [1.165, 1.54) is 30.3 Å². The molecule has 3 rings (SSSR count). The van der Waals surface area contributed by atoms with Gasteiger partial charge in [-0.15, -0.1) is 0 Å². The number of nitrogens with one attached hydrogen (secondary N) is 3. The summed E-state index contributed by atoms with van der Waals surface area (Å²) in [5.41, 5.74) is -0.963. The molecule has 1 heterocycles. The standard InChI is InChI=1S/C23H22ClF4N3O2/c1-22(2,3)20(32)29-11-13-6-9-15(24)18(19(13)25)17-10-16(30-21(33)31-17)12-4-7-14(8-5-12)23(26,27)28/h4-10,16H,11H2,1-3H3,(H,29,32)(H2,30,31,33). The van der Waals surface area contributed by atoms with E-state index in [0.717, 1.165) is 12.1 Å². The van der Waals surface area contributed by atoms with Crippen molar-refractivity contribution >= 4 is 29.2 Å². The van der Waals surface area contributed by atoms with Crippen LogP contribution in [0.3, 0.4) is 0 Å². The lowest BCUT2D eigenvalue weighted by Gasteiger charge is -2.25. The van der Waals surface area contributed by atoms with Crippen molar-refractivity contribution in [2.45, 2.75) is 39.5 Å². The third-order valence-electron chi connectivity index (χ3n) is 5.03. The molecule has 2 aromatic carbocycles. The molecule has 5 nitrogen and oxygen atoms in total. The first-order valence-corrected chi connectivity index (χ1v) is 10.4. The van der Waals surface area contributed by atoms with E-state index in [1.807, 2.05) is 0 Å². The van der Waals surface area contributed by atoms with Crippen LogP contribution in [-0.4, -0.2) is 11.9 Å². The quantitative estimate of drug-likeness (QED) is 0.499. The van der Waals surface area contributed by atoms with Crippen LogP contribution in [0.1, 0.15) is 49.1 Å². The molecule has 0 aromatic heterocycles. The molecule has 33 heavy (non-hydrogen) atoms. The molecular formula is C23H22ClF4N3O2. The third-order valence-corrected chi connectivity index (χ3v) is 5.34. The largest absolute Gasteiger partial charge is 0.416 e. The Balaban J connectivity index is 1.93. The maximum absolute atomic E-state index is 15.3. The Morgan fingerprint density at radius 1 is 1.09 bits per heavy atom. The molecule has 0 aliphatic carbocycles. The lowest BCUT2D eigenvalue weighted by molar-refractivity contribution is -0.137. The van der Waals surface area contributed by atoms with Gasteiger partial charge in [0.05, 0.1) is 27.9 Å². The van der Waals surface area contributed by atoms with Crippen LogP contribution in [-0.2, 0) is 17.5 Å². The van der Waals surface area contributed by atoms with E-state index >= 15 is 4.39 Å². The highest BCUT2D eigenvalue weighted by molar-refractivity contribution is 6.32. The number of amides is 3. The number of carbonyl (C=O) groups excluding carboxylic acids is 2. The minimum atomic E-state index is -4.49. The number of benzene rings is 2. The number of halogens is 5. The molecule has 0 bridgehead atoms. The minimum absolute atomic E-state index is 0.0259. The summed E-state index contributed by atoms with van der Waals surface area (Å²) in [4.78, 5) is 24.3.